The normalized spacial score (nSPS) is 10.9. The van der Waals surface area contributed by atoms with Crippen LogP contribution in [0.4, 0.5) is 0 Å². The summed E-state index contributed by atoms with van der Waals surface area (Å²) >= 11 is 3.30. The van der Waals surface area contributed by atoms with Crippen LogP contribution in [0.15, 0.2) is 5.51 Å². The quantitative estimate of drug-likeness (QED) is 0.656. The first-order valence-corrected chi connectivity index (χ1v) is 4.78. The van der Waals surface area contributed by atoms with Crippen LogP contribution in [-0.2, 0) is 6.42 Å². The third-order valence-corrected chi connectivity index (χ3v) is 3.22. The molecule has 0 aliphatic rings. The van der Waals surface area contributed by atoms with Crippen LogP contribution in [-0.4, -0.2) is 9.97 Å². The molecule has 0 fully saturated rings. The lowest BCUT2D eigenvalue weighted by Gasteiger charge is -1.78. The molecule has 0 bridgehead atoms. The van der Waals surface area contributed by atoms with E-state index in [9.17, 15) is 0 Å². The molecule has 10 heavy (non-hydrogen) atoms. The van der Waals surface area contributed by atoms with E-state index in [0.29, 0.717) is 0 Å². The summed E-state index contributed by atoms with van der Waals surface area (Å²) in [6.07, 6.45) is 1.02. The van der Waals surface area contributed by atoms with Crippen molar-refractivity contribution >= 4 is 32.3 Å². The van der Waals surface area contributed by atoms with Gasteiger partial charge in [0.15, 0.2) is 9.66 Å². The zero-order valence-electron chi connectivity index (χ0n) is 5.50. The van der Waals surface area contributed by atoms with Gasteiger partial charge in [-0.05, 0) is 6.42 Å². The number of aryl methyl sites for hydroxylation is 1. The van der Waals surface area contributed by atoms with Gasteiger partial charge in [0.05, 0.1) is 10.5 Å². The van der Waals surface area contributed by atoms with E-state index in [2.05, 4.69) is 16.9 Å². The van der Waals surface area contributed by atoms with Crippen LogP contribution in [0.2, 0.25) is 0 Å². The second kappa shape index (κ2) is 2.29. The zero-order valence-corrected chi connectivity index (χ0v) is 7.13. The van der Waals surface area contributed by atoms with E-state index in [-0.39, 0.29) is 0 Å². The third kappa shape index (κ3) is 0.839. The Labute approximate surface area is 66.6 Å². The van der Waals surface area contributed by atoms with Crippen LogP contribution in [0.25, 0.3) is 9.66 Å². The Balaban J connectivity index is 2.67. The number of aromatic nitrogens is 2. The van der Waals surface area contributed by atoms with E-state index in [1.165, 1.54) is 5.01 Å². The largest absolute Gasteiger partial charge is 0.232 e. The summed E-state index contributed by atoms with van der Waals surface area (Å²) < 4.78 is 0. The molecule has 0 radical (unpaired) electrons. The van der Waals surface area contributed by atoms with Crippen molar-refractivity contribution in [1.82, 2.24) is 9.97 Å². The Morgan fingerprint density at radius 1 is 1.50 bits per heavy atom. The van der Waals surface area contributed by atoms with Crippen LogP contribution < -0.4 is 0 Å². The van der Waals surface area contributed by atoms with Gasteiger partial charge >= 0.3 is 0 Å². The third-order valence-electron chi connectivity index (χ3n) is 1.26. The zero-order chi connectivity index (χ0) is 6.97. The number of hydrogen-bond acceptors (Lipinski definition) is 4. The average Bonchev–Trinajstić information content (AvgIpc) is 2.42. The molecule has 0 saturated carbocycles. The van der Waals surface area contributed by atoms with Gasteiger partial charge in [-0.25, -0.2) is 9.97 Å². The predicted molar refractivity (Wildman–Crippen MR) is 44.7 cm³/mol. The first-order chi connectivity index (χ1) is 4.90. The predicted octanol–water partition coefficient (Wildman–Crippen LogP) is 2.32. The van der Waals surface area contributed by atoms with Crippen molar-refractivity contribution in [2.24, 2.45) is 0 Å². The van der Waals surface area contributed by atoms with Gasteiger partial charge in [0, 0.05) is 0 Å². The second-order valence-electron chi connectivity index (χ2n) is 1.92. The van der Waals surface area contributed by atoms with E-state index in [4.69, 9.17) is 0 Å². The highest BCUT2D eigenvalue weighted by Crippen LogP contribution is 2.23. The summed E-state index contributed by atoms with van der Waals surface area (Å²) in [7, 11) is 0. The number of nitrogens with zero attached hydrogens (tertiary/aromatic N) is 2. The SMILES string of the molecule is CCc1nc2scnc2s1. The van der Waals surface area contributed by atoms with Crippen molar-refractivity contribution in [2.45, 2.75) is 13.3 Å². The molecule has 2 heterocycles. The lowest BCUT2D eigenvalue weighted by atomic mass is 10.5. The number of hydrogen-bond donors (Lipinski definition) is 0. The Hall–Kier alpha value is -0.480. The summed E-state index contributed by atoms with van der Waals surface area (Å²) in [5, 5.41) is 1.19. The van der Waals surface area contributed by atoms with Crippen molar-refractivity contribution in [3.63, 3.8) is 0 Å². The van der Waals surface area contributed by atoms with Crippen LogP contribution in [0.1, 0.15) is 11.9 Å². The summed E-state index contributed by atoms with van der Waals surface area (Å²) in [6, 6.07) is 0. The van der Waals surface area contributed by atoms with E-state index in [1.807, 2.05) is 5.51 Å². The maximum Gasteiger partial charge on any atom is 0.154 e. The van der Waals surface area contributed by atoms with Crippen molar-refractivity contribution < 1.29 is 0 Å². The molecule has 0 spiro atoms. The Kier molecular flexibility index (Phi) is 1.43. The highest BCUT2D eigenvalue weighted by Gasteiger charge is 2.02. The standard InChI is InChI=1S/C6H6N2S2/c1-2-4-8-6-5(10-4)7-3-9-6/h3H,2H2,1H3. The fourth-order valence-electron chi connectivity index (χ4n) is 0.773. The Morgan fingerprint density at radius 3 is 3.10 bits per heavy atom. The molecule has 2 nitrogen and oxygen atoms in total. The molecule has 0 N–H and O–H groups in total. The molecular formula is C6H6N2S2. The molecule has 2 rings (SSSR count). The summed E-state index contributed by atoms with van der Waals surface area (Å²) in [5.41, 5.74) is 1.84. The highest BCUT2D eigenvalue weighted by atomic mass is 32.1. The van der Waals surface area contributed by atoms with E-state index < -0.39 is 0 Å². The van der Waals surface area contributed by atoms with Gasteiger partial charge in [-0.1, -0.05) is 18.3 Å². The molecule has 0 unspecified atom stereocenters. The lowest BCUT2D eigenvalue weighted by molar-refractivity contribution is 1.11. The fraction of sp³-hybridized carbons (Fsp3) is 0.333. The average molecular weight is 170 g/mol. The second-order valence-corrected chi connectivity index (χ2v) is 3.82. The van der Waals surface area contributed by atoms with Crippen LogP contribution >= 0.6 is 22.7 Å². The minimum Gasteiger partial charge on any atom is -0.232 e. The van der Waals surface area contributed by atoms with Gasteiger partial charge in [-0.2, -0.15) is 0 Å². The van der Waals surface area contributed by atoms with Gasteiger partial charge in [0.25, 0.3) is 0 Å². The molecule has 0 aromatic carbocycles. The highest BCUT2D eigenvalue weighted by molar-refractivity contribution is 7.25. The molecule has 0 aliphatic carbocycles. The molecular weight excluding hydrogens is 164 g/mol. The van der Waals surface area contributed by atoms with Crippen LogP contribution in [0.3, 0.4) is 0 Å². The molecule has 52 valence electrons. The molecule has 0 atom stereocenters. The molecule has 2 aromatic rings. The van der Waals surface area contributed by atoms with E-state index >= 15 is 0 Å². The first-order valence-electron chi connectivity index (χ1n) is 3.09. The maximum absolute atomic E-state index is 4.37. The number of thiazole rings is 2. The first kappa shape index (κ1) is 6.24. The molecule has 0 saturated heterocycles. The van der Waals surface area contributed by atoms with Crippen molar-refractivity contribution in [1.29, 1.82) is 0 Å². The van der Waals surface area contributed by atoms with Gasteiger partial charge in [0.2, 0.25) is 0 Å². The van der Waals surface area contributed by atoms with Gasteiger partial charge in [0.1, 0.15) is 0 Å². The number of rotatable bonds is 1. The minimum atomic E-state index is 1.02. The topological polar surface area (TPSA) is 25.8 Å². The van der Waals surface area contributed by atoms with Crippen molar-refractivity contribution in [2.75, 3.05) is 0 Å². The molecule has 2 aromatic heterocycles. The van der Waals surface area contributed by atoms with Crippen molar-refractivity contribution in [3.8, 4) is 0 Å². The Morgan fingerprint density at radius 2 is 2.40 bits per heavy atom. The van der Waals surface area contributed by atoms with Crippen molar-refractivity contribution in [3.05, 3.63) is 10.5 Å². The van der Waals surface area contributed by atoms with E-state index in [1.54, 1.807) is 22.7 Å². The number of fused-ring (bicyclic) bond motifs is 1. The minimum absolute atomic E-state index is 1.02. The summed E-state index contributed by atoms with van der Waals surface area (Å²) in [6.45, 7) is 2.11. The molecule has 4 heteroatoms. The maximum atomic E-state index is 4.37. The lowest BCUT2D eigenvalue weighted by Crippen LogP contribution is -1.71. The van der Waals surface area contributed by atoms with Gasteiger partial charge in [-0.15, -0.1) is 11.3 Å². The molecule has 0 aliphatic heterocycles. The van der Waals surface area contributed by atoms with Crippen LogP contribution in [0.5, 0.6) is 0 Å². The molecule has 0 amide bonds. The van der Waals surface area contributed by atoms with E-state index in [0.717, 1.165) is 16.1 Å². The Bertz CT molecular complexity index is 307. The monoisotopic (exact) mass is 170 g/mol. The van der Waals surface area contributed by atoms with Gasteiger partial charge in [-0.3, -0.25) is 0 Å². The van der Waals surface area contributed by atoms with Crippen LogP contribution in [0, 0.1) is 0 Å². The fourth-order valence-corrected chi connectivity index (χ4v) is 2.48. The summed E-state index contributed by atoms with van der Waals surface area (Å²) in [4.78, 5) is 10.7. The summed E-state index contributed by atoms with van der Waals surface area (Å²) in [5.74, 6) is 0. The smallest absolute Gasteiger partial charge is 0.154 e. The van der Waals surface area contributed by atoms with Gasteiger partial charge < -0.3 is 0 Å².